The van der Waals surface area contributed by atoms with Gasteiger partial charge in [0.2, 0.25) is 0 Å². The summed E-state index contributed by atoms with van der Waals surface area (Å²) in [5.41, 5.74) is 1.49. The molecule has 0 bridgehead atoms. The highest BCUT2D eigenvalue weighted by Gasteiger charge is 2.19. The molecule has 1 heterocycles. The number of nitrogens with zero attached hydrogens (tertiary/aromatic N) is 3. The summed E-state index contributed by atoms with van der Waals surface area (Å²) in [7, 11) is 0. The minimum absolute atomic E-state index is 0.0936. The summed E-state index contributed by atoms with van der Waals surface area (Å²) in [5.74, 6) is -1.11. The lowest BCUT2D eigenvalue weighted by Gasteiger charge is -2.15. The topological polar surface area (TPSA) is 86.9 Å². The van der Waals surface area contributed by atoms with Crippen molar-refractivity contribution in [3.05, 3.63) is 47.9 Å². The van der Waals surface area contributed by atoms with Crippen LogP contribution in [0, 0.1) is 11.3 Å². The second-order valence-corrected chi connectivity index (χ2v) is 4.91. The highest BCUT2D eigenvalue weighted by atomic mass is 16.4. The van der Waals surface area contributed by atoms with E-state index in [1.54, 1.807) is 0 Å². The first kappa shape index (κ1) is 13.7. The van der Waals surface area contributed by atoms with E-state index in [0.717, 1.165) is 11.1 Å². The third-order valence-corrected chi connectivity index (χ3v) is 3.04. The van der Waals surface area contributed by atoms with Crippen LogP contribution in [-0.4, -0.2) is 21.0 Å². The first-order valence-corrected chi connectivity index (χ1v) is 6.01. The van der Waals surface area contributed by atoms with Crippen LogP contribution in [0.15, 0.2) is 36.7 Å². The first-order valence-electron chi connectivity index (χ1n) is 6.01. The van der Waals surface area contributed by atoms with Crippen LogP contribution in [0.1, 0.15) is 29.9 Å². The maximum Gasteiger partial charge on any atom is 0.356 e. The lowest BCUT2D eigenvalue weighted by atomic mass is 9.86. The zero-order chi connectivity index (χ0) is 14.8. The predicted molar refractivity (Wildman–Crippen MR) is 73.1 cm³/mol. The molecular weight excluding hydrogens is 254 g/mol. The number of hydrogen-bond donors (Lipinski definition) is 1. The van der Waals surface area contributed by atoms with Crippen molar-refractivity contribution in [1.29, 1.82) is 5.26 Å². The lowest BCUT2D eigenvalue weighted by molar-refractivity contribution is 0.0690. The van der Waals surface area contributed by atoms with E-state index in [-0.39, 0.29) is 5.69 Å². The van der Waals surface area contributed by atoms with Gasteiger partial charge in [-0.05, 0) is 19.4 Å². The van der Waals surface area contributed by atoms with E-state index >= 15 is 0 Å². The maximum absolute atomic E-state index is 10.9. The normalized spacial score (nSPS) is 10.8. The van der Waals surface area contributed by atoms with Crippen LogP contribution in [0.25, 0.3) is 11.3 Å². The van der Waals surface area contributed by atoms with Crippen molar-refractivity contribution in [2.75, 3.05) is 0 Å². The second kappa shape index (κ2) is 5.10. The minimum Gasteiger partial charge on any atom is -0.476 e. The SMILES string of the molecule is CC(C)(C#N)c1ccc(-c2cncc(C(=O)O)n2)cc1. The van der Waals surface area contributed by atoms with Crippen molar-refractivity contribution in [2.24, 2.45) is 0 Å². The van der Waals surface area contributed by atoms with E-state index in [1.165, 1.54) is 12.4 Å². The zero-order valence-electron chi connectivity index (χ0n) is 11.2. The highest BCUT2D eigenvalue weighted by molar-refractivity contribution is 5.85. The molecule has 1 aromatic carbocycles. The van der Waals surface area contributed by atoms with E-state index in [2.05, 4.69) is 16.0 Å². The molecule has 2 aromatic rings. The van der Waals surface area contributed by atoms with Gasteiger partial charge < -0.3 is 5.11 Å². The number of aromatic nitrogens is 2. The van der Waals surface area contributed by atoms with Gasteiger partial charge in [0, 0.05) is 5.56 Å². The summed E-state index contributed by atoms with van der Waals surface area (Å²) < 4.78 is 0. The monoisotopic (exact) mass is 267 g/mol. The molecule has 5 nitrogen and oxygen atoms in total. The summed E-state index contributed by atoms with van der Waals surface area (Å²) in [6.07, 6.45) is 2.72. The largest absolute Gasteiger partial charge is 0.476 e. The molecule has 0 spiro atoms. The molecule has 1 N–H and O–H groups in total. The van der Waals surface area contributed by atoms with Crippen molar-refractivity contribution in [2.45, 2.75) is 19.3 Å². The van der Waals surface area contributed by atoms with Crippen LogP contribution in [0.2, 0.25) is 0 Å². The zero-order valence-corrected chi connectivity index (χ0v) is 11.2. The number of aromatic carboxylic acids is 1. The van der Waals surface area contributed by atoms with Crippen LogP contribution in [-0.2, 0) is 5.41 Å². The maximum atomic E-state index is 10.9. The fourth-order valence-corrected chi connectivity index (χ4v) is 1.73. The Hall–Kier alpha value is -2.74. The van der Waals surface area contributed by atoms with Crippen molar-refractivity contribution >= 4 is 5.97 Å². The first-order chi connectivity index (χ1) is 9.44. The van der Waals surface area contributed by atoms with Crippen LogP contribution in [0.4, 0.5) is 0 Å². The van der Waals surface area contributed by atoms with Crippen LogP contribution in [0.3, 0.4) is 0 Å². The molecule has 0 unspecified atom stereocenters. The molecule has 0 aliphatic carbocycles. The van der Waals surface area contributed by atoms with Gasteiger partial charge in [-0.2, -0.15) is 5.26 Å². The molecule has 1 aromatic heterocycles. The Bertz CT molecular complexity index is 685. The molecule has 0 aliphatic rings. The fraction of sp³-hybridized carbons (Fsp3) is 0.200. The highest BCUT2D eigenvalue weighted by Crippen LogP contribution is 2.25. The van der Waals surface area contributed by atoms with Gasteiger partial charge in [0.25, 0.3) is 0 Å². The molecule has 0 amide bonds. The summed E-state index contributed by atoms with van der Waals surface area (Å²) in [5, 5.41) is 18.0. The Labute approximate surface area is 116 Å². The van der Waals surface area contributed by atoms with Gasteiger partial charge in [-0.15, -0.1) is 0 Å². The van der Waals surface area contributed by atoms with E-state index < -0.39 is 11.4 Å². The van der Waals surface area contributed by atoms with E-state index in [0.29, 0.717) is 5.69 Å². The number of carbonyl (C=O) groups is 1. The quantitative estimate of drug-likeness (QED) is 0.923. The third kappa shape index (κ3) is 2.64. The van der Waals surface area contributed by atoms with Crippen LogP contribution >= 0.6 is 0 Å². The fourth-order valence-electron chi connectivity index (χ4n) is 1.73. The average molecular weight is 267 g/mol. The van der Waals surface area contributed by atoms with Crippen LogP contribution in [0.5, 0.6) is 0 Å². The van der Waals surface area contributed by atoms with Crippen molar-refractivity contribution in [3.63, 3.8) is 0 Å². The molecule has 0 radical (unpaired) electrons. The molecule has 0 fully saturated rings. The molecule has 5 heteroatoms. The molecule has 0 aliphatic heterocycles. The molecule has 2 rings (SSSR count). The molecule has 20 heavy (non-hydrogen) atoms. The lowest BCUT2D eigenvalue weighted by Crippen LogP contribution is -2.13. The summed E-state index contributed by atoms with van der Waals surface area (Å²) in [6, 6.07) is 9.54. The van der Waals surface area contributed by atoms with E-state index in [1.807, 2.05) is 38.1 Å². The molecule has 0 saturated carbocycles. The Balaban J connectivity index is 2.38. The van der Waals surface area contributed by atoms with Gasteiger partial charge in [-0.25, -0.2) is 9.78 Å². The van der Waals surface area contributed by atoms with E-state index in [4.69, 9.17) is 10.4 Å². The molecular formula is C15H13N3O2. The van der Waals surface area contributed by atoms with Crippen molar-refractivity contribution in [3.8, 4) is 17.3 Å². The smallest absolute Gasteiger partial charge is 0.356 e. The standard InChI is InChI=1S/C15H13N3O2/c1-15(2,9-16)11-5-3-10(4-6-11)12-7-17-8-13(18-12)14(19)20/h3-8H,1-2H3,(H,19,20). The Morgan fingerprint density at radius 1 is 1.25 bits per heavy atom. The summed E-state index contributed by atoms with van der Waals surface area (Å²) >= 11 is 0. The number of benzene rings is 1. The van der Waals surface area contributed by atoms with Gasteiger partial charge in [-0.1, -0.05) is 24.3 Å². The number of hydrogen-bond acceptors (Lipinski definition) is 4. The Morgan fingerprint density at radius 3 is 2.45 bits per heavy atom. The summed E-state index contributed by atoms with van der Waals surface area (Å²) in [4.78, 5) is 18.8. The second-order valence-electron chi connectivity index (χ2n) is 4.91. The Kier molecular flexibility index (Phi) is 3.49. The number of carboxylic acid groups (broad SMARTS) is 1. The number of rotatable bonds is 3. The van der Waals surface area contributed by atoms with Crippen molar-refractivity contribution in [1.82, 2.24) is 9.97 Å². The van der Waals surface area contributed by atoms with Gasteiger partial charge in [0.15, 0.2) is 5.69 Å². The van der Waals surface area contributed by atoms with Crippen LogP contribution < -0.4 is 0 Å². The van der Waals surface area contributed by atoms with Gasteiger partial charge in [0.1, 0.15) is 0 Å². The number of nitriles is 1. The van der Waals surface area contributed by atoms with Gasteiger partial charge >= 0.3 is 5.97 Å². The van der Waals surface area contributed by atoms with Gasteiger partial charge in [-0.3, -0.25) is 4.98 Å². The minimum atomic E-state index is -1.11. The molecule has 100 valence electrons. The predicted octanol–water partition coefficient (Wildman–Crippen LogP) is 2.64. The number of carboxylic acids is 1. The average Bonchev–Trinajstić information content (AvgIpc) is 2.47. The van der Waals surface area contributed by atoms with Crippen molar-refractivity contribution < 1.29 is 9.90 Å². The Morgan fingerprint density at radius 2 is 1.90 bits per heavy atom. The molecule has 0 saturated heterocycles. The molecule has 0 atom stereocenters. The van der Waals surface area contributed by atoms with Gasteiger partial charge in [0.05, 0.1) is 29.6 Å². The van der Waals surface area contributed by atoms with E-state index in [9.17, 15) is 4.79 Å². The third-order valence-electron chi connectivity index (χ3n) is 3.04. The summed E-state index contributed by atoms with van der Waals surface area (Å²) in [6.45, 7) is 3.68.